The fraction of sp³-hybridized carbons (Fsp3) is 0.462. The molecule has 4 heteroatoms. The molecule has 1 unspecified atom stereocenters. The summed E-state index contributed by atoms with van der Waals surface area (Å²) in [5.41, 5.74) is 2.92. The summed E-state index contributed by atoms with van der Waals surface area (Å²) in [6.45, 7) is 5.60. The molecule has 94 valence electrons. The van der Waals surface area contributed by atoms with Crippen LogP contribution in [0.25, 0.3) is 0 Å². The monoisotopic (exact) mass is 299 g/mol. The Kier molecular flexibility index (Phi) is 5.15. The zero-order valence-electron chi connectivity index (χ0n) is 10.4. The third-order valence-corrected chi connectivity index (χ3v) is 3.01. The lowest BCUT2D eigenvalue weighted by Gasteiger charge is -2.12. The molecule has 0 aromatic heterocycles. The molecule has 0 spiro atoms. The molecule has 1 rings (SSSR count). The Morgan fingerprint density at radius 1 is 1.41 bits per heavy atom. The van der Waals surface area contributed by atoms with Gasteiger partial charge >= 0.3 is 0 Å². The van der Waals surface area contributed by atoms with Crippen molar-refractivity contribution in [3.8, 4) is 0 Å². The molecule has 0 heterocycles. The van der Waals surface area contributed by atoms with E-state index < -0.39 is 6.10 Å². The molecule has 1 atom stereocenters. The predicted molar refractivity (Wildman–Crippen MR) is 73.2 cm³/mol. The van der Waals surface area contributed by atoms with Gasteiger partial charge in [-0.25, -0.2) is 0 Å². The minimum atomic E-state index is -0.437. The van der Waals surface area contributed by atoms with Gasteiger partial charge in [-0.1, -0.05) is 15.9 Å². The van der Waals surface area contributed by atoms with Crippen LogP contribution < -0.4 is 5.32 Å². The van der Waals surface area contributed by atoms with Gasteiger partial charge in [0.15, 0.2) is 0 Å². The Hall–Kier alpha value is -0.870. The number of hydrogen-bond donors (Lipinski definition) is 2. The standard InChI is InChI=1S/C13H18BrNO2/c1-8-6-11(14)7-9(2)13(8)15-12(17)5-4-10(3)16/h6-7,10,16H,4-5H2,1-3H3,(H,15,17). The lowest BCUT2D eigenvalue weighted by Crippen LogP contribution is -2.15. The van der Waals surface area contributed by atoms with Crippen molar-refractivity contribution in [2.45, 2.75) is 39.7 Å². The molecular weight excluding hydrogens is 282 g/mol. The number of hydrogen-bond acceptors (Lipinski definition) is 2. The highest BCUT2D eigenvalue weighted by Gasteiger charge is 2.09. The van der Waals surface area contributed by atoms with E-state index in [1.807, 2.05) is 26.0 Å². The van der Waals surface area contributed by atoms with E-state index in [9.17, 15) is 4.79 Å². The molecule has 1 amide bonds. The van der Waals surface area contributed by atoms with Gasteiger partial charge in [0.2, 0.25) is 5.91 Å². The summed E-state index contributed by atoms with van der Waals surface area (Å²) < 4.78 is 1.01. The van der Waals surface area contributed by atoms with Crippen molar-refractivity contribution < 1.29 is 9.90 Å². The van der Waals surface area contributed by atoms with Gasteiger partial charge in [0.05, 0.1) is 6.10 Å². The van der Waals surface area contributed by atoms with Crippen LogP contribution in [-0.4, -0.2) is 17.1 Å². The number of rotatable bonds is 4. The van der Waals surface area contributed by atoms with Crippen LogP contribution in [0.1, 0.15) is 30.9 Å². The number of aryl methyl sites for hydroxylation is 2. The fourth-order valence-corrected chi connectivity index (χ4v) is 2.34. The maximum atomic E-state index is 11.7. The summed E-state index contributed by atoms with van der Waals surface area (Å²) in [5, 5.41) is 12.0. The second kappa shape index (κ2) is 6.17. The summed E-state index contributed by atoms with van der Waals surface area (Å²) in [6.07, 6.45) is 0.389. The molecular formula is C13H18BrNO2. The fourth-order valence-electron chi connectivity index (χ4n) is 1.65. The van der Waals surface area contributed by atoms with Crippen LogP contribution in [0.2, 0.25) is 0 Å². The number of carbonyl (C=O) groups excluding carboxylic acids is 1. The van der Waals surface area contributed by atoms with Crippen molar-refractivity contribution >= 4 is 27.5 Å². The van der Waals surface area contributed by atoms with Crippen LogP contribution in [0, 0.1) is 13.8 Å². The molecule has 3 nitrogen and oxygen atoms in total. The second-order valence-corrected chi connectivity index (χ2v) is 5.27. The van der Waals surface area contributed by atoms with Gasteiger partial charge in [0.1, 0.15) is 0 Å². The molecule has 1 aromatic rings. The molecule has 0 aliphatic carbocycles. The lowest BCUT2D eigenvalue weighted by atomic mass is 10.1. The Morgan fingerprint density at radius 3 is 2.41 bits per heavy atom. The Morgan fingerprint density at radius 2 is 1.94 bits per heavy atom. The Bertz CT molecular complexity index is 393. The molecule has 1 aromatic carbocycles. The van der Waals surface area contributed by atoms with Crippen LogP contribution in [0.5, 0.6) is 0 Å². The van der Waals surface area contributed by atoms with Gasteiger partial charge in [-0.3, -0.25) is 4.79 Å². The number of anilines is 1. The molecule has 0 aliphatic rings. The maximum absolute atomic E-state index is 11.7. The van der Waals surface area contributed by atoms with Crippen LogP contribution in [0.15, 0.2) is 16.6 Å². The van der Waals surface area contributed by atoms with Crippen molar-refractivity contribution in [2.24, 2.45) is 0 Å². The number of amides is 1. The number of aliphatic hydroxyl groups excluding tert-OH is 1. The first kappa shape index (κ1) is 14.2. The first-order valence-corrected chi connectivity index (χ1v) is 6.44. The van der Waals surface area contributed by atoms with E-state index in [0.29, 0.717) is 12.8 Å². The van der Waals surface area contributed by atoms with Crippen molar-refractivity contribution in [1.82, 2.24) is 0 Å². The number of nitrogens with one attached hydrogen (secondary N) is 1. The number of benzene rings is 1. The minimum absolute atomic E-state index is 0.0561. The molecule has 0 bridgehead atoms. The van der Waals surface area contributed by atoms with Gasteiger partial charge < -0.3 is 10.4 Å². The van der Waals surface area contributed by atoms with Crippen molar-refractivity contribution in [2.75, 3.05) is 5.32 Å². The average Bonchev–Trinajstić information content (AvgIpc) is 2.20. The topological polar surface area (TPSA) is 49.3 Å². The number of halogens is 1. The summed E-state index contributed by atoms with van der Waals surface area (Å²) in [6, 6.07) is 3.94. The molecule has 0 aliphatic heterocycles. The van der Waals surface area contributed by atoms with Gasteiger partial charge in [-0.05, 0) is 50.5 Å². The molecule has 0 saturated carbocycles. The predicted octanol–water partition coefficient (Wildman–Crippen LogP) is 3.17. The highest BCUT2D eigenvalue weighted by Crippen LogP contribution is 2.25. The zero-order valence-corrected chi connectivity index (χ0v) is 12.0. The first-order valence-electron chi connectivity index (χ1n) is 5.65. The molecule has 17 heavy (non-hydrogen) atoms. The highest BCUT2D eigenvalue weighted by atomic mass is 79.9. The van der Waals surface area contributed by atoms with Gasteiger partial charge in [0.25, 0.3) is 0 Å². The first-order chi connectivity index (χ1) is 7.90. The summed E-state index contributed by atoms with van der Waals surface area (Å²) in [7, 11) is 0. The molecule has 2 N–H and O–H groups in total. The third kappa shape index (κ3) is 4.48. The Balaban J connectivity index is 2.72. The highest BCUT2D eigenvalue weighted by molar-refractivity contribution is 9.10. The van der Waals surface area contributed by atoms with E-state index in [-0.39, 0.29) is 5.91 Å². The van der Waals surface area contributed by atoms with E-state index in [1.54, 1.807) is 6.92 Å². The van der Waals surface area contributed by atoms with E-state index in [2.05, 4.69) is 21.2 Å². The number of carbonyl (C=O) groups is 1. The average molecular weight is 300 g/mol. The summed E-state index contributed by atoms with van der Waals surface area (Å²) >= 11 is 3.42. The van der Waals surface area contributed by atoms with Crippen molar-refractivity contribution in [3.05, 3.63) is 27.7 Å². The largest absolute Gasteiger partial charge is 0.393 e. The third-order valence-electron chi connectivity index (χ3n) is 2.55. The van der Waals surface area contributed by atoms with Gasteiger partial charge in [-0.15, -0.1) is 0 Å². The quantitative estimate of drug-likeness (QED) is 0.897. The lowest BCUT2D eigenvalue weighted by molar-refractivity contribution is -0.116. The number of aliphatic hydroxyl groups is 1. The SMILES string of the molecule is Cc1cc(Br)cc(C)c1NC(=O)CCC(C)O. The van der Waals surface area contributed by atoms with E-state index in [4.69, 9.17) is 5.11 Å². The zero-order chi connectivity index (χ0) is 13.0. The van der Waals surface area contributed by atoms with Crippen LogP contribution in [0.3, 0.4) is 0 Å². The van der Waals surface area contributed by atoms with Crippen LogP contribution in [0.4, 0.5) is 5.69 Å². The molecule has 0 radical (unpaired) electrons. The van der Waals surface area contributed by atoms with Gasteiger partial charge in [0, 0.05) is 16.6 Å². The van der Waals surface area contributed by atoms with Gasteiger partial charge in [-0.2, -0.15) is 0 Å². The van der Waals surface area contributed by atoms with Crippen molar-refractivity contribution in [1.29, 1.82) is 0 Å². The summed E-state index contributed by atoms with van der Waals surface area (Å²) in [4.78, 5) is 11.7. The second-order valence-electron chi connectivity index (χ2n) is 4.35. The minimum Gasteiger partial charge on any atom is -0.393 e. The van der Waals surface area contributed by atoms with Crippen LogP contribution >= 0.6 is 15.9 Å². The van der Waals surface area contributed by atoms with Crippen molar-refractivity contribution in [3.63, 3.8) is 0 Å². The molecule has 0 fully saturated rings. The summed E-state index contributed by atoms with van der Waals surface area (Å²) in [5.74, 6) is -0.0561. The maximum Gasteiger partial charge on any atom is 0.224 e. The van der Waals surface area contributed by atoms with E-state index in [0.717, 1.165) is 21.3 Å². The Labute approximate surface area is 110 Å². The van der Waals surface area contributed by atoms with Crippen LogP contribution in [-0.2, 0) is 4.79 Å². The molecule has 0 saturated heterocycles. The van der Waals surface area contributed by atoms with E-state index in [1.165, 1.54) is 0 Å². The smallest absolute Gasteiger partial charge is 0.224 e. The normalized spacial score (nSPS) is 12.3. The van der Waals surface area contributed by atoms with E-state index >= 15 is 0 Å².